The molecule has 2 fully saturated rings. The first-order valence-electron chi connectivity index (χ1n) is 9.93. The van der Waals surface area contributed by atoms with E-state index in [4.69, 9.17) is 9.52 Å². The average molecular weight is 491 g/mol. The lowest BCUT2D eigenvalue weighted by Crippen LogP contribution is -2.52. The molecule has 1 aromatic rings. The molecule has 1 aliphatic heterocycles. The Morgan fingerprint density at radius 3 is 2.78 bits per heavy atom. The number of guanidine groups is 1. The number of rotatable bonds is 5. The third-order valence-corrected chi connectivity index (χ3v) is 5.75. The van der Waals surface area contributed by atoms with Gasteiger partial charge in [-0.3, -0.25) is 9.89 Å². The van der Waals surface area contributed by atoms with E-state index in [0.29, 0.717) is 6.54 Å². The van der Waals surface area contributed by atoms with E-state index in [0.717, 1.165) is 70.2 Å². The highest BCUT2D eigenvalue weighted by Crippen LogP contribution is 2.36. The monoisotopic (exact) mass is 491 g/mol. The summed E-state index contributed by atoms with van der Waals surface area (Å²) in [6, 6.07) is 1.92. The van der Waals surface area contributed by atoms with E-state index < -0.39 is 0 Å². The number of aromatic nitrogens is 1. The normalized spacial score (nSPS) is 27.3. The Hall–Kier alpha value is -0.870. The van der Waals surface area contributed by atoms with Crippen LogP contribution >= 0.6 is 24.0 Å². The maximum atomic E-state index is 10.4. The van der Waals surface area contributed by atoms with Crippen molar-refractivity contribution in [3.05, 3.63) is 18.0 Å². The summed E-state index contributed by atoms with van der Waals surface area (Å²) in [6.07, 6.45) is 5.68. The third kappa shape index (κ3) is 6.05. The number of piperazine rings is 1. The Morgan fingerprint density at radius 1 is 1.37 bits per heavy atom. The topological polar surface area (TPSA) is 77.1 Å². The minimum Gasteiger partial charge on any atom is -0.392 e. The molecule has 1 saturated heterocycles. The van der Waals surface area contributed by atoms with E-state index in [1.165, 1.54) is 6.42 Å². The number of hydrogen-bond acceptors (Lipinski definition) is 5. The zero-order chi connectivity index (χ0) is 18.4. The van der Waals surface area contributed by atoms with Crippen LogP contribution in [0.3, 0.4) is 0 Å². The van der Waals surface area contributed by atoms with Crippen molar-refractivity contribution in [1.82, 2.24) is 20.3 Å². The van der Waals surface area contributed by atoms with Gasteiger partial charge in [-0.05, 0) is 19.8 Å². The molecular weight excluding hydrogens is 457 g/mol. The fourth-order valence-corrected chi connectivity index (χ4v) is 3.91. The molecule has 1 saturated carbocycles. The van der Waals surface area contributed by atoms with Gasteiger partial charge in [0.2, 0.25) is 0 Å². The van der Waals surface area contributed by atoms with Gasteiger partial charge in [-0.25, -0.2) is 0 Å². The Morgan fingerprint density at radius 2 is 2.15 bits per heavy atom. The molecule has 0 radical (unpaired) electrons. The number of hydrogen-bond donors (Lipinski definition) is 2. The van der Waals surface area contributed by atoms with Crippen molar-refractivity contribution < 1.29 is 9.63 Å². The van der Waals surface area contributed by atoms with Gasteiger partial charge in [0.25, 0.3) is 0 Å². The van der Waals surface area contributed by atoms with Crippen LogP contribution in [0.5, 0.6) is 0 Å². The second kappa shape index (κ2) is 10.6. The van der Waals surface area contributed by atoms with E-state index in [1.807, 2.05) is 6.07 Å². The Balaban J connectivity index is 0.00000261. The molecule has 0 amide bonds. The molecule has 8 heteroatoms. The Labute approximate surface area is 179 Å². The van der Waals surface area contributed by atoms with Gasteiger partial charge < -0.3 is 19.8 Å². The predicted octanol–water partition coefficient (Wildman–Crippen LogP) is 2.32. The minimum atomic E-state index is -0.234. The van der Waals surface area contributed by atoms with Crippen LogP contribution in [0.2, 0.25) is 0 Å². The Bertz CT molecular complexity index is 575. The van der Waals surface area contributed by atoms with Crippen molar-refractivity contribution in [2.75, 3.05) is 39.3 Å². The van der Waals surface area contributed by atoms with Crippen LogP contribution in [0, 0.1) is 5.41 Å². The summed E-state index contributed by atoms with van der Waals surface area (Å²) in [6.45, 7) is 10.5. The lowest BCUT2D eigenvalue weighted by atomic mass is 9.73. The number of aliphatic imine (C=N–C) groups is 1. The first kappa shape index (κ1) is 22.4. The smallest absolute Gasteiger partial charge is 0.194 e. The molecule has 154 valence electrons. The van der Waals surface area contributed by atoms with Gasteiger partial charge in [-0.15, -0.1) is 24.0 Å². The van der Waals surface area contributed by atoms with Gasteiger partial charge >= 0.3 is 0 Å². The van der Waals surface area contributed by atoms with Crippen molar-refractivity contribution >= 4 is 29.9 Å². The molecule has 27 heavy (non-hydrogen) atoms. The third-order valence-electron chi connectivity index (χ3n) is 5.75. The number of aliphatic hydroxyl groups is 1. The average Bonchev–Trinajstić information content (AvgIpc) is 3.15. The van der Waals surface area contributed by atoms with Crippen LogP contribution < -0.4 is 5.32 Å². The van der Waals surface area contributed by atoms with Crippen molar-refractivity contribution in [2.24, 2.45) is 10.4 Å². The first-order valence-corrected chi connectivity index (χ1v) is 9.93. The molecule has 2 atom stereocenters. The predicted molar refractivity (Wildman–Crippen MR) is 117 cm³/mol. The van der Waals surface area contributed by atoms with Crippen molar-refractivity contribution in [2.45, 2.75) is 52.2 Å². The number of nitrogens with zero attached hydrogens (tertiary/aromatic N) is 4. The van der Waals surface area contributed by atoms with Gasteiger partial charge in [0.1, 0.15) is 6.26 Å². The molecule has 3 rings (SSSR count). The molecule has 0 bridgehead atoms. The summed E-state index contributed by atoms with van der Waals surface area (Å²) in [5, 5.41) is 17.8. The summed E-state index contributed by atoms with van der Waals surface area (Å²) in [4.78, 5) is 9.64. The number of nitrogens with one attached hydrogen (secondary N) is 1. The van der Waals surface area contributed by atoms with Gasteiger partial charge in [0.05, 0.1) is 18.3 Å². The van der Waals surface area contributed by atoms with Crippen LogP contribution in [0.1, 0.15) is 45.2 Å². The van der Waals surface area contributed by atoms with E-state index in [1.54, 1.807) is 6.26 Å². The van der Waals surface area contributed by atoms with Crippen LogP contribution in [0.15, 0.2) is 21.8 Å². The van der Waals surface area contributed by atoms with Gasteiger partial charge in [-0.2, -0.15) is 0 Å². The quantitative estimate of drug-likeness (QED) is 0.374. The van der Waals surface area contributed by atoms with Crippen LogP contribution in [0.25, 0.3) is 0 Å². The summed E-state index contributed by atoms with van der Waals surface area (Å²) < 4.78 is 4.92. The summed E-state index contributed by atoms with van der Waals surface area (Å²) in [5.74, 6) is 0.979. The summed E-state index contributed by atoms with van der Waals surface area (Å²) >= 11 is 0. The fourth-order valence-electron chi connectivity index (χ4n) is 3.91. The lowest BCUT2D eigenvalue weighted by molar-refractivity contribution is 0.00698. The van der Waals surface area contributed by atoms with Crippen LogP contribution in [-0.2, 0) is 6.54 Å². The molecule has 2 aliphatic rings. The van der Waals surface area contributed by atoms with Crippen molar-refractivity contribution in [3.8, 4) is 0 Å². The fraction of sp³-hybridized carbons (Fsp3) is 0.789. The maximum absolute atomic E-state index is 10.4. The van der Waals surface area contributed by atoms with Crippen molar-refractivity contribution in [3.63, 3.8) is 0 Å². The zero-order valence-corrected chi connectivity index (χ0v) is 18.9. The second-order valence-electron chi connectivity index (χ2n) is 7.84. The molecule has 7 nitrogen and oxygen atoms in total. The SMILES string of the molecule is CCNC(=NCC1(C)CCCCC1O)N1CCN(Cc2ccon2)CC1.I. The number of aliphatic hydroxyl groups excluding tert-OH is 1. The molecule has 2 unspecified atom stereocenters. The van der Waals surface area contributed by atoms with Crippen LogP contribution in [-0.4, -0.2) is 71.4 Å². The van der Waals surface area contributed by atoms with E-state index in [9.17, 15) is 5.11 Å². The number of halogens is 1. The highest BCUT2D eigenvalue weighted by molar-refractivity contribution is 14.0. The first-order chi connectivity index (χ1) is 12.6. The molecule has 0 spiro atoms. The minimum absolute atomic E-state index is 0. The molecule has 0 aromatic carbocycles. The van der Waals surface area contributed by atoms with E-state index >= 15 is 0 Å². The lowest BCUT2D eigenvalue weighted by Gasteiger charge is -2.39. The second-order valence-corrected chi connectivity index (χ2v) is 7.84. The van der Waals surface area contributed by atoms with Crippen LogP contribution in [0.4, 0.5) is 0 Å². The highest BCUT2D eigenvalue weighted by Gasteiger charge is 2.35. The molecule has 2 heterocycles. The van der Waals surface area contributed by atoms with Gasteiger partial charge in [0, 0.05) is 50.7 Å². The molecule has 1 aliphatic carbocycles. The maximum Gasteiger partial charge on any atom is 0.194 e. The highest BCUT2D eigenvalue weighted by atomic mass is 127. The van der Waals surface area contributed by atoms with Gasteiger partial charge in [0.15, 0.2) is 5.96 Å². The molecule has 2 N–H and O–H groups in total. The summed E-state index contributed by atoms with van der Waals surface area (Å²) in [7, 11) is 0. The largest absolute Gasteiger partial charge is 0.392 e. The van der Waals surface area contributed by atoms with E-state index in [-0.39, 0.29) is 35.5 Å². The molecule has 1 aromatic heterocycles. The van der Waals surface area contributed by atoms with Crippen molar-refractivity contribution in [1.29, 1.82) is 0 Å². The Kier molecular flexibility index (Phi) is 8.81. The molecular formula is C19H34IN5O2. The van der Waals surface area contributed by atoms with Gasteiger partial charge in [-0.1, -0.05) is 24.9 Å². The van der Waals surface area contributed by atoms with E-state index in [2.05, 4.69) is 34.1 Å². The summed E-state index contributed by atoms with van der Waals surface area (Å²) in [5.41, 5.74) is 0.895. The zero-order valence-electron chi connectivity index (χ0n) is 16.6. The standard InChI is InChI=1S/C19H33N5O2.HI/c1-3-20-18(21-15-19(2)8-5-4-6-17(19)25)24-11-9-23(10-12-24)14-16-7-13-26-22-16;/h7,13,17,25H,3-6,8-12,14-15H2,1-2H3,(H,20,21);1H.